The molecule has 138 valence electrons. The summed E-state index contributed by atoms with van der Waals surface area (Å²) < 4.78 is 28.7. The summed E-state index contributed by atoms with van der Waals surface area (Å²) in [6.07, 6.45) is -1.41. The second-order valence-corrected chi connectivity index (χ2v) is 7.38. The molecule has 1 N–H and O–H groups in total. The Morgan fingerprint density at radius 2 is 1.84 bits per heavy atom. The fourth-order valence-corrected chi connectivity index (χ4v) is 3.29. The third-order valence-electron chi connectivity index (χ3n) is 4.33. The van der Waals surface area contributed by atoms with Gasteiger partial charge in [-0.3, -0.25) is 9.69 Å². The van der Waals surface area contributed by atoms with Crippen LogP contribution in [0.25, 0.3) is 0 Å². The summed E-state index contributed by atoms with van der Waals surface area (Å²) in [6.45, 7) is 5.36. The number of carbonyl (C=O) groups excluding carboxylic acids is 1. The number of hydrogen-bond acceptors (Lipinski definition) is 2. The van der Waals surface area contributed by atoms with E-state index >= 15 is 0 Å². The number of amides is 2. The standard InChI is InChI=1S/C18H24F2N2O3/c1-17(2,3)22(16(24)25)14-9-10-21(12-14)15(23)18(19,20)11-13-7-5-4-6-8-13/h4-8,14H,9-12H2,1-3H3,(H,24,25). The van der Waals surface area contributed by atoms with E-state index in [9.17, 15) is 23.5 Å². The van der Waals surface area contributed by atoms with Crippen molar-refractivity contribution in [2.75, 3.05) is 13.1 Å². The van der Waals surface area contributed by atoms with Crippen molar-refractivity contribution in [3.05, 3.63) is 35.9 Å². The Morgan fingerprint density at radius 1 is 1.24 bits per heavy atom. The minimum Gasteiger partial charge on any atom is -0.465 e. The SMILES string of the molecule is CC(C)(C)N(C(=O)O)C1CCN(C(=O)C(F)(F)Cc2ccccc2)C1. The van der Waals surface area contributed by atoms with E-state index in [4.69, 9.17) is 0 Å². The lowest BCUT2D eigenvalue weighted by Crippen LogP contribution is -2.53. The zero-order valence-electron chi connectivity index (χ0n) is 14.7. The van der Waals surface area contributed by atoms with Gasteiger partial charge in [0.2, 0.25) is 0 Å². The van der Waals surface area contributed by atoms with Crippen LogP contribution in [0.5, 0.6) is 0 Å². The molecule has 25 heavy (non-hydrogen) atoms. The molecule has 0 aromatic heterocycles. The highest BCUT2D eigenvalue weighted by Gasteiger charge is 2.46. The van der Waals surface area contributed by atoms with Crippen molar-refractivity contribution in [3.63, 3.8) is 0 Å². The van der Waals surface area contributed by atoms with Crippen molar-refractivity contribution < 1.29 is 23.5 Å². The van der Waals surface area contributed by atoms with Gasteiger partial charge in [-0.2, -0.15) is 8.78 Å². The van der Waals surface area contributed by atoms with Gasteiger partial charge in [0.05, 0.1) is 6.04 Å². The van der Waals surface area contributed by atoms with Crippen LogP contribution in [-0.2, 0) is 11.2 Å². The van der Waals surface area contributed by atoms with Gasteiger partial charge in [0, 0.05) is 25.0 Å². The minimum atomic E-state index is -3.51. The zero-order chi connectivity index (χ0) is 18.8. The number of carbonyl (C=O) groups is 2. The molecule has 1 atom stereocenters. The molecule has 1 aliphatic rings. The molecule has 1 saturated heterocycles. The first kappa shape index (κ1) is 19.1. The number of hydrogen-bond donors (Lipinski definition) is 1. The predicted molar refractivity (Wildman–Crippen MR) is 89.7 cm³/mol. The van der Waals surface area contributed by atoms with Crippen LogP contribution >= 0.6 is 0 Å². The van der Waals surface area contributed by atoms with E-state index in [1.807, 2.05) is 0 Å². The second kappa shape index (κ2) is 6.98. The Bertz CT molecular complexity index is 629. The van der Waals surface area contributed by atoms with Gasteiger partial charge in [0.15, 0.2) is 0 Å². The Kier molecular flexibility index (Phi) is 5.34. The molecule has 0 radical (unpaired) electrons. The van der Waals surface area contributed by atoms with Crippen LogP contribution in [0, 0.1) is 0 Å². The maximum Gasteiger partial charge on any atom is 0.408 e. The van der Waals surface area contributed by atoms with Crippen LogP contribution in [0.4, 0.5) is 13.6 Å². The van der Waals surface area contributed by atoms with Crippen molar-refractivity contribution in [1.29, 1.82) is 0 Å². The average molecular weight is 354 g/mol. The van der Waals surface area contributed by atoms with E-state index in [1.165, 1.54) is 4.90 Å². The van der Waals surface area contributed by atoms with Gasteiger partial charge in [0.1, 0.15) is 0 Å². The number of likely N-dealkylation sites (tertiary alicyclic amines) is 1. The van der Waals surface area contributed by atoms with Crippen molar-refractivity contribution in [3.8, 4) is 0 Å². The molecule has 1 aromatic carbocycles. The molecule has 0 saturated carbocycles. The lowest BCUT2D eigenvalue weighted by atomic mass is 10.0. The summed E-state index contributed by atoms with van der Waals surface area (Å²) in [6, 6.07) is 7.65. The molecule has 1 aromatic rings. The number of alkyl halides is 2. The highest BCUT2D eigenvalue weighted by Crippen LogP contribution is 2.28. The summed E-state index contributed by atoms with van der Waals surface area (Å²) in [4.78, 5) is 26.1. The molecule has 1 heterocycles. The summed E-state index contributed by atoms with van der Waals surface area (Å²) in [5, 5.41) is 9.42. The normalized spacial score (nSPS) is 18.3. The van der Waals surface area contributed by atoms with E-state index in [0.29, 0.717) is 12.0 Å². The van der Waals surface area contributed by atoms with Crippen molar-refractivity contribution in [2.45, 2.75) is 51.1 Å². The van der Waals surface area contributed by atoms with Crippen molar-refractivity contribution in [2.24, 2.45) is 0 Å². The van der Waals surface area contributed by atoms with E-state index < -0.39 is 35.9 Å². The predicted octanol–water partition coefficient (Wildman–Crippen LogP) is 3.24. The van der Waals surface area contributed by atoms with Crippen LogP contribution in [0.1, 0.15) is 32.8 Å². The van der Waals surface area contributed by atoms with Crippen molar-refractivity contribution >= 4 is 12.0 Å². The highest BCUT2D eigenvalue weighted by atomic mass is 19.3. The first-order valence-electron chi connectivity index (χ1n) is 8.26. The molecule has 1 fully saturated rings. The third-order valence-corrected chi connectivity index (χ3v) is 4.33. The molecule has 7 heteroatoms. The highest BCUT2D eigenvalue weighted by molar-refractivity contribution is 5.84. The molecule has 1 unspecified atom stereocenters. The van der Waals surface area contributed by atoms with E-state index in [2.05, 4.69) is 0 Å². The van der Waals surface area contributed by atoms with E-state index in [0.717, 1.165) is 4.90 Å². The molecule has 0 bridgehead atoms. The quantitative estimate of drug-likeness (QED) is 0.903. The molecular weight excluding hydrogens is 330 g/mol. The number of halogens is 2. The Hall–Kier alpha value is -2.18. The first-order valence-corrected chi connectivity index (χ1v) is 8.26. The van der Waals surface area contributed by atoms with Crippen LogP contribution < -0.4 is 0 Å². The monoisotopic (exact) mass is 354 g/mol. The van der Waals surface area contributed by atoms with Gasteiger partial charge in [-0.15, -0.1) is 0 Å². The maximum absolute atomic E-state index is 14.4. The van der Waals surface area contributed by atoms with Crippen LogP contribution in [0.3, 0.4) is 0 Å². The molecule has 2 amide bonds. The van der Waals surface area contributed by atoms with Gasteiger partial charge in [-0.25, -0.2) is 4.79 Å². The Labute approximate surface area is 146 Å². The fourth-order valence-electron chi connectivity index (χ4n) is 3.29. The number of benzene rings is 1. The summed E-state index contributed by atoms with van der Waals surface area (Å²) >= 11 is 0. The van der Waals surface area contributed by atoms with Gasteiger partial charge in [0.25, 0.3) is 5.91 Å². The van der Waals surface area contributed by atoms with Gasteiger partial charge < -0.3 is 10.0 Å². The summed E-state index contributed by atoms with van der Waals surface area (Å²) in [5.74, 6) is -4.75. The zero-order valence-corrected chi connectivity index (χ0v) is 14.7. The number of rotatable bonds is 4. The largest absolute Gasteiger partial charge is 0.465 e. The number of carboxylic acid groups (broad SMARTS) is 1. The number of nitrogens with zero attached hydrogens (tertiary/aromatic N) is 2. The van der Waals surface area contributed by atoms with Gasteiger partial charge >= 0.3 is 12.0 Å². The first-order chi connectivity index (χ1) is 11.5. The Balaban J connectivity index is 2.07. The average Bonchev–Trinajstić information content (AvgIpc) is 2.94. The smallest absolute Gasteiger partial charge is 0.408 e. The molecule has 0 spiro atoms. The molecule has 2 rings (SSSR count). The third kappa shape index (κ3) is 4.46. The van der Waals surface area contributed by atoms with Crippen molar-refractivity contribution in [1.82, 2.24) is 9.80 Å². The van der Waals surface area contributed by atoms with Crippen LogP contribution in [0.15, 0.2) is 30.3 Å². The molecular formula is C18H24F2N2O3. The van der Waals surface area contributed by atoms with E-state index in [1.54, 1.807) is 51.1 Å². The fraction of sp³-hybridized carbons (Fsp3) is 0.556. The molecule has 5 nitrogen and oxygen atoms in total. The topological polar surface area (TPSA) is 60.9 Å². The second-order valence-electron chi connectivity index (χ2n) is 7.38. The van der Waals surface area contributed by atoms with Crippen LogP contribution in [-0.4, -0.2) is 57.5 Å². The maximum atomic E-state index is 14.4. The summed E-state index contributed by atoms with van der Waals surface area (Å²) in [5.41, 5.74) is -0.277. The summed E-state index contributed by atoms with van der Waals surface area (Å²) in [7, 11) is 0. The Morgan fingerprint density at radius 3 is 2.36 bits per heavy atom. The van der Waals surface area contributed by atoms with Crippen LogP contribution in [0.2, 0.25) is 0 Å². The lowest BCUT2D eigenvalue weighted by molar-refractivity contribution is -0.156. The van der Waals surface area contributed by atoms with Gasteiger partial charge in [-0.1, -0.05) is 30.3 Å². The molecule has 1 aliphatic heterocycles. The molecule has 0 aliphatic carbocycles. The van der Waals surface area contributed by atoms with E-state index in [-0.39, 0.29) is 13.1 Å². The minimum absolute atomic E-state index is 0.00716. The van der Waals surface area contributed by atoms with Gasteiger partial charge in [-0.05, 0) is 32.8 Å². The lowest BCUT2D eigenvalue weighted by Gasteiger charge is -2.38.